The van der Waals surface area contributed by atoms with Crippen molar-refractivity contribution < 1.29 is 19.0 Å². The molecule has 0 N–H and O–H groups in total. The third-order valence-corrected chi connectivity index (χ3v) is 1.84. The maximum atomic E-state index is 11.1. The fourth-order valence-corrected chi connectivity index (χ4v) is 1.24. The van der Waals surface area contributed by atoms with Crippen molar-refractivity contribution in [2.75, 3.05) is 33.0 Å². The van der Waals surface area contributed by atoms with Crippen molar-refractivity contribution in [2.45, 2.75) is 13.3 Å². The molecule has 1 fully saturated rings. The fourth-order valence-electron chi connectivity index (χ4n) is 1.24. The molecule has 0 amide bonds. The van der Waals surface area contributed by atoms with Crippen molar-refractivity contribution in [1.29, 1.82) is 0 Å². The normalized spacial score (nSPS) is 19.5. The van der Waals surface area contributed by atoms with Crippen molar-refractivity contribution in [3.8, 4) is 0 Å². The smallest absolute Gasteiger partial charge is 0.306 e. The summed E-state index contributed by atoms with van der Waals surface area (Å²) in [6.07, 6.45) is 0.397. The maximum Gasteiger partial charge on any atom is 0.306 e. The van der Waals surface area contributed by atoms with Gasteiger partial charge in [0.2, 0.25) is 0 Å². The van der Waals surface area contributed by atoms with Crippen molar-refractivity contribution in [3.05, 3.63) is 0 Å². The van der Waals surface area contributed by atoms with E-state index in [0.29, 0.717) is 39.5 Å². The lowest BCUT2D eigenvalue weighted by atomic mass is 10.1. The molecule has 0 bridgehead atoms. The van der Waals surface area contributed by atoms with Gasteiger partial charge in [-0.15, -0.1) is 0 Å². The number of hydrogen-bond donors (Lipinski definition) is 0. The second-order valence-electron chi connectivity index (χ2n) is 3.03. The van der Waals surface area contributed by atoms with Gasteiger partial charge in [-0.05, 0) is 6.92 Å². The SMILES string of the molecule is CCOC(=O)CC1COCCOC1. The van der Waals surface area contributed by atoms with Gasteiger partial charge in [0.05, 0.1) is 39.5 Å². The lowest BCUT2D eigenvalue weighted by Crippen LogP contribution is -2.18. The first kappa shape index (κ1) is 10.5. The summed E-state index contributed by atoms with van der Waals surface area (Å²) in [5, 5.41) is 0. The largest absolute Gasteiger partial charge is 0.466 e. The topological polar surface area (TPSA) is 44.8 Å². The fraction of sp³-hybridized carbons (Fsp3) is 0.889. The van der Waals surface area contributed by atoms with E-state index in [1.54, 1.807) is 6.92 Å². The van der Waals surface area contributed by atoms with E-state index >= 15 is 0 Å². The molecular formula is C9H16O4. The van der Waals surface area contributed by atoms with Crippen LogP contribution in [0.25, 0.3) is 0 Å². The Kier molecular flexibility index (Phi) is 4.78. The van der Waals surface area contributed by atoms with Crippen molar-refractivity contribution in [2.24, 2.45) is 5.92 Å². The van der Waals surface area contributed by atoms with Gasteiger partial charge in [-0.3, -0.25) is 4.79 Å². The Bertz CT molecular complexity index is 150. The molecule has 1 aliphatic rings. The quantitative estimate of drug-likeness (QED) is 0.608. The second kappa shape index (κ2) is 5.94. The van der Waals surface area contributed by atoms with E-state index in [2.05, 4.69) is 0 Å². The molecule has 1 saturated heterocycles. The molecule has 76 valence electrons. The number of hydrogen-bond acceptors (Lipinski definition) is 4. The summed E-state index contributed by atoms with van der Waals surface area (Å²) in [5.74, 6) is -0.0110. The van der Waals surface area contributed by atoms with Crippen molar-refractivity contribution >= 4 is 5.97 Å². The standard InChI is InChI=1S/C9H16O4/c1-2-13-9(10)5-8-6-11-3-4-12-7-8/h8H,2-7H2,1H3. The van der Waals surface area contributed by atoms with E-state index in [1.165, 1.54) is 0 Å². The van der Waals surface area contributed by atoms with Gasteiger partial charge in [-0.2, -0.15) is 0 Å². The molecule has 0 aliphatic carbocycles. The van der Waals surface area contributed by atoms with Crippen molar-refractivity contribution in [3.63, 3.8) is 0 Å². The van der Waals surface area contributed by atoms with E-state index in [9.17, 15) is 4.79 Å². The summed E-state index contributed by atoms with van der Waals surface area (Å²) >= 11 is 0. The molecule has 1 aliphatic heterocycles. The highest BCUT2D eigenvalue weighted by atomic mass is 16.5. The molecule has 0 aromatic heterocycles. The highest BCUT2D eigenvalue weighted by molar-refractivity contribution is 5.69. The third-order valence-electron chi connectivity index (χ3n) is 1.84. The monoisotopic (exact) mass is 188 g/mol. The highest BCUT2D eigenvalue weighted by Gasteiger charge is 2.17. The Morgan fingerprint density at radius 2 is 2.00 bits per heavy atom. The zero-order valence-electron chi connectivity index (χ0n) is 7.95. The van der Waals surface area contributed by atoms with E-state index in [-0.39, 0.29) is 11.9 Å². The minimum Gasteiger partial charge on any atom is -0.466 e. The van der Waals surface area contributed by atoms with E-state index in [0.717, 1.165) is 0 Å². The molecule has 4 nitrogen and oxygen atoms in total. The Morgan fingerprint density at radius 3 is 2.54 bits per heavy atom. The summed E-state index contributed by atoms with van der Waals surface area (Å²) in [4.78, 5) is 11.1. The summed E-state index contributed by atoms with van der Waals surface area (Å²) in [6.45, 7) is 4.68. The summed E-state index contributed by atoms with van der Waals surface area (Å²) < 4.78 is 15.3. The summed E-state index contributed by atoms with van der Waals surface area (Å²) in [5.41, 5.74) is 0. The lowest BCUT2D eigenvalue weighted by molar-refractivity contribution is -0.145. The average molecular weight is 188 g/mol. The molecule has 4 heteroatoms. The van der Waals surface area contributed by atoms with E-state index in [1.807, 2.05) is 0 Å². The Balaban J connectivity index is 2.21. The third kappa shape index (κ3) is 4.24. The summed E-state index contributed by atoms with van der Waals surface area (Å²) in [6, 6.07) is 0. The number of rotatable bonds is 3. The van der Waals surface area contributed by atoms with Crippen LogP contribution >= 0.6 is 0 Å². The highest BCUT2D eigenvalue weighted by Crippen LogP contribution is 2.09. The second-order valence-corrected chi connectivity index (χ2v) is 3.03. The first-order valence-electron chi connectivity index (χ1n) is 4.64. The summed E-state index contributed by atoms with van der Waals surface area (Å²) in [7, 11) is 0. The van der Waals surface area contributed by atoms with E-state index in [4.69, 9.17) is 14.2 Å². The molecule has 0 saturated carbocycles. The van der Waals surface area contributed by atoms with Crippen LogP contribution in [0.3, 0.4) is 0 Å². The molecule has 0 radical (unpaired) electrons. The van der Waals surface area contributed by atoms with Gasteiger partial charge < -0.3 is 14.2 Å². The van der Waals surface area contributed by atoms with Crippen LogP contribution in [-0.2, 0) is 19.0 Å². The molecule has 0 spiro atoms. The molecular weight excluding hydrogens is 172 g/mol. The lowest BCUT2D eigenvalue weighted by Gasteiger charge is -2.11. The van der Waals surface area contributed by atoms with Crippen LogP contribution in [0, 0.1) is 5.92 Å². The van der Waals surface area contributed by atoms with Gasteiger partial charge in [-0.1, -0.05) is 0 Å². The average Bonchev–Trinajstić information content (AvgIpc) is 2.33. The van der Waals surface area contributed by atoms with E-state index < -0.39 is 0 Å². The van der Waals surface area contributed by atoms with Crippen LogP contribution in [0.4, 0.5) is 0 Å². The molecule has 0 aromatic carbocycles. The molecule has 0 aromatic rings. The Morgan fingerprint density at radius 1 is 1.38 bits per heavy atom. The molecule has 13 heavy (non-hydrogen) atoms. The Labute approximate surface area is 78.2 Å². The number of esters is 1. The van der Waals surface area contributed by atoms with Gasteiger partial charge in [0.15, 0.2) is 0 Å². The first-order valence-corrected chi connectivity index (χ1v) is 4.64. The molecule has 1 rings (SSSR count). The van der Waals surface area contributed by atoms with Crippen LogP contribution in [0.2, 0.25) is 0 Å². The molecule has 1 heterocycles. The zero-order chi connectivity index (χ0) is 9.52. The van der Waals surface area contributed by atoms with Gasteiger partial charge in [-0.25, -0.2) is 0 Å². The zero-order valence-corrected chi connectivity index (χ0v) is 7.95. The van der Waals surface area contributed by atoms with Gasteiger partial charge >= 0.3 is 5.97 Å². The Hall–Kier alpha value is -0.610. The van der Waals surface area contributed by atoms with Crippen LogP contribution < -0.4 is 0 Å². The van der Waals surface area contributed by atoms with Gasteiger partial charge in [0, 0.05) is 5.92 Å². The number of carbonyl (C=O) groups excluding carboxylic acids is 1. The van der Waals surface area contributed by atoms with Crippen LogP contribution in [0.5, 0.6) is 0 Å². The van der Waals surface area contributed by atoms with Gasteiger partial charge in [0.1, 0.15) is 0 Å². The predicted molar refractivity (Wildman–Crippen MR) is 46.4 cm³/mol. The predicted octanol–water partition coefficient (Wildman–Crippen LogP) is 0.603. The minimum absolute atomic E-state index is 0.154. The minimum atomic E-state index is -0.165. The van der Waals surface area contributed by atoms with Crippen LogP contribution in [0.1, 0.15) is 13.3 Å². The van der Waals surface area contributed by atoms with Crippen LogP contribution in [0.15, 0.2) is 0 Å². The first-order chi connectivity index (χ1) is 6.33. The maximum absolute atomic E-state index is 11.1. The molecule has 0 atom stereocenters. The number of carbonyl (C=O) groups is 1. The van der Waals surface area contributed by atoms with Crippen LogP contribution in [-0.4, -0.2) is 39.0 Å². The van der Waals surface area contributed by atoms with Gasteiger partial charge in [0.25, 0.3) is 0 Å². The molecule has 0 unspecified atom stereocenters. The number of ether oxygens (including phenoxy) is 3. The van der Waals surface area contributed by atoms with Crippen molar-refractivity contribution in [1.82, 2.24) is 0 Å².